The largest absolute Gasteiger partial charge is 0.385 e. The highest BCUT2D eigenvalue weighted by atomic mass is 16.1. The highest BCUT2D eigenvalue weighted by molar-refractivity contribution is 5.76. The molecule has 108 valence electrons. The van der Waals surface area contributed by atoms with Crippen molar-refractivity contribution in [3.8, 4) is 0 Å². The molecule has 0 radical (unpaired) electrons. The average molecular weight is 272 g/mol. The summed E-state index contributed by atoms with van der Waals surface area (Å²) in [7, 11) is 0. The Hall–Kier alpha value is -1.77. The molecule has 1 amide bonds. The molecule has 3 heteroatoms. The van der Waals surface area contributed by atoms with E-state index in [0.29, 0.717) is 13.0 Å². The molecule has 1 aliphatic rings. The van der Waals surface area contributed by atoms with Gasteiger partial charge in [0.1, 0.15) is 0 Å². The maximum atomic E-state index is 11.7. The van der Waals surface area contributed by atoms with Gasteiger partial charge in [-0.1, -0.05) is 29.8 Å². The maximum Gasteiger partial charge on any atom is 0.221 e. The topological polar surface area (TPSA) is 41.1 Å². The van der Waals surface area contributed by atoms with E-state index in [0.717, 1.165) is 18.7 Å². The van der Waals surface area contributed by atoms with E-state index in [4.69, 9.17) is 0 Å². The normalized spacial score (nSPS) is 14.5. The average Bonchev–Trinajstić information content (AvgIpc) is 2.49. The van der Waals surface area contributed by atoms with Crippen molar-refractivity contribution in [3.63, 3.8) is 0 Å². The van der Waals surface area contributed by atoms with Gasteiger partial charge >= 0.3 is 0 Å². The summed E-state index contributed by atoms with van der Waals surface area (Å²) in [6, 6.07) is 9.97. The Labute approximate surface area is 121 Å². The number of anilines is 1. The van der Waals surface area contributed by atoms with Crippen LogP contribution in [0.5, 0.6) is 0 Å². The molecule has 0 unspecified atom stereocenters. The summed E-state index contributed by atoms with van der Waals surface area (Å²) < 4.78 is 0. The molecule has 0 fully saturated rings. The van der Waals surface area contributed by atoms with Crippen LogP contribution in [0.25, 0.3) is 0 Å². The fraction of sp³-hybridized carbons (Fsp3) is 0.471. The van der Waals surface area contributed by atoms with E-state index in [9.17, 15) is 4.79 Å². The summed E-state index contributed by atoms with van der Waals surface area (Å²) in [4.78, 5) is 11.7. The number of carbonyl (C=O) groups is 1. The standard InChI is InChI=1S/C17H24N2O/c20-17(12-14-18-16-9-5-2-6-10-16)19-13-11-15-7-3-1-4-8-15/h2,5-7,9-10,18H,1,3-4,8,11-14H2,(H,19,20). The van der Waals surface area contributed by atoms with E-state index < -0.39 is 0 Å². The molecule has 0 heterocycles. The van der Waals surface area contributed by atoms with E-state index >= 15 is 0 Å². The van der Waals surface area contributed by atoms with Gasteiger partial charge in [0, 0.05) is 25.2 Å². The van der Waals surface area contributed by atoms with Crippen LogP contribution >= 0.6 is 0 Å². The third kappa shape index (κ3) is 5.47. The Morgan fingerprint density at radius 2 is 1.95 bits per heavy atom. The summed E-state index contributed by atoms with van der Waals surface area (Å²) >= 11 is 0. The fourth-order valence-electron chi connectivity index (χ4n) is 2.46. The van der Waals surface area contributed by atoms with Crippen LogP contribution in [0.15, 0.2) is 42.0 Å². The Kier molecular flexibility index (Phi) is 6.15. The Bertz CT molecular complexity index is 440. The minimum Gasteiger partial charge on any atom is -0.385 e. The van der Waals surface area contributed by atoms with Gasteiger partial charge in [0.05, 0.1) is 0 Å². The zero-order valence-electron chi connectivity index (χ0n) is 12.0. The number of benzene rings is 1. The van der Waals surface area contributed by atoms with E-state index in [1.54, 1.807) is 0 Å². The molecule has 1 aromatic carbocycles. The maximum absolute atomic E-state index is 11.7. The van der Waals surface area contributed by atoms with Gasteiger partial charge in [-0.3, -0.25) is 4.79 Å². The molecule has 2 rings (SSSR count). The van der Waals surface area contributed by atoms with Crippen LogP contribution in [-0.2, 0) is 4.79 Å². The van der Waals surface area contributed by atoms with E-state index in [1.807, 2.05) is 30.3 Å². The molecule has 0 aromatic heterocycles. The van der Waals surface area contributed by atoms with Crippen molar-refractivity contribution in [3.05, 3.63) is 42.0 Å². The second-order valence-electron chi connectivity index (χ2n) is 5.25. The number of carbonyl (C=O) groups excluding carboxylic acids is 1. The van der Waals surface area contributed by atoms with Crippen molar-refractivity contribution in [2.75, 3.05) is 18.4 Å². The number of hydrogen-bond acceptors (Lipinski definition) is 2. The zero-order valence-corrected chi connectivity index (χ0v) is 12.0. The van der Waals surface area contributed by atoms with Gasteiger partial charge in [0.2, 0.25) is 5.91 Å². The van der Waals surface area contributed by atoms with Gasteiger partial charge in [-0.15, -0.1) is 0 Å². The lowest BCUT2D eigenvalue weighted by atomic mass is 9.97. The highest BCUT2D eigenvalue weighted by Crippen LogP contribution is 2.19. The monoisotopic (exact) mass is 272 g/mol. The molecule has 0 spiro atoms. The third-order valence-electron chi connectivity index (χ3n) is 3.61. The Morgan fingerprint density at radius 1 is 1.10 bits per heavy atom. The first-order valence-electron chi connectivity index (χ1n) is 7.58. The lowest BCUT2D eigenvalue weighted by molar-refractivity contribution is -0.120. The molecule has 0 atom stereocenters. The van der Waals surface area contributed by atoms with Gasteiger partial charge in [-0.25, -0.2) is 0 Å². The van der Waals surface area contributed by atoms with E-state index in [1.165, 1.54) is 31.3 Å². The van der Waals surface area contributed by atoms with Crippen molar-refractivity contribution in [2.24, 2.45) is 0 Å². The summed E-state index contributed by atoms with van der Waals surface area (Å²) in [5.74, 6) is 0.129. The van der Waals surface area contributed by atoms with Gasteiger partial charge in [-0.05, 0) is 44.2 Å². The number of allylic oxidation sites excluding steroid dienone is 1. The Morgan fingerprint density at radius 3 is 2.70 bits per heavy atom. The van der Waals surface area contributed by atoms with Crippen molar-refractivity contribution in [1.82, 2.24) is 5.32 Å². The van der Waals surface area contributed by atoms with Crippen LogP contribution in [0.4, 0.5) is 5.69 Å². The molecule has 0 saturated heterocycles. The molecular weight excluding hydrogens is 248 g/mol. The Balaban J connectivity index is 1.55. The number of rotatable bonds is 7. The second-order valence-corrected chi connectivity index (χ2v) is 5.25. The minimum absolute atomic E-state index is 0.129. The van der Waals surface area contributed by atoms with Gasteiger partial charge in [-0.2, -0.15) is 0 Å². The smallest absolute Gasteiger partial charge is 0.221 e. The first-order valence-corrected chi connectivity index (χ1v) is 7.58. The number of nitrogens with one attached hydrogen (secondary N) is 2. The summed E-state index contributed by atoms with van der Waals surface area (Å²) in [5, 5.41) is 6.24. The number of hydrogen-bond donors (Lipinski definition) is 2. The molecule has 0 saturated carbocycles. The number of para-hydroxylation sites is 1. The first-order chi connectivity index (χ1) is 9.84. The fourth-order valence-corrected chi connectivity index (χ4v) is 2.46. The molecule has 1 aliphatic carbocycles. The van der Waals surface area contributed by atoms with E-state index in [-0.39, 0.29) is 5.91 Å². The van der Waals surface area contributed by atoms with Crippen molar-refractivity contribution >= 4 is 11.6 Å². The van der Waals surface area contributed by atoms with Crippen molar-refractivity contribution in [2.45, 2.75) is 38.5 Å². The minimum atomic E-state index is 0.129. The molecular formula is C17H24N2O. The van der Waals surface area contributed by atoms with Gasteiger partial charge in [0.25, 0.3) is 0 Å². The molecule has 1 aromatic rings. The van der Waals surface area contributed by atoms with E-state index in [2.05, 4.69) is 16.7 Å². The first kappa shape index (κ1) is 14.6. The summed E-state index contributed by atoms with van der Waals surface area (Å²) in [5.41, 5.74) is 2.58. The molecule has 0 bridgehead atoms. The highest BCUT2D eigenvalue weighted by Gasteiger charge is 2.05. The molecule has 20 heavy (non-hydrogen) atoms. The van der Waals surface area contributed by atoms with Gasteiger partial charge in [0.15, 0.2) is 0 Å². The number of amides is 1. The van der Waals surface area contributed by atoms with Crippen LogP contribution in [0.1, 0.15) is 38.5 Å². The molecule has 0 aliphatic heterocycles. The van der Waals surface area contributed by atoms with Crippen LogP contribution in [-0.4, -0.2) is 19.0 Å². The van der Waals surface area contributed by atoms with Crippen LogP contribution in [0.2, 0.25) is 0 Å². The second kappa shape index (κ2) is 8.41. The van der Waals surface area contributed by atoms with Crippen molar-refractivity contribution in [1.29, 1.82) is 0 Å². The zero-order chi connectivity index (χ0) is 14.0. The summed E-state index contributed by atoms with van der Waals surface area (Å²) in [6.07, 6.45) is 8.93. The quantitative estimate of drug-likeness (QED) is 0.746. The molecule has 3 nitrogen and oxygen atoms in total. The lowest BCUT2D eigenvalue weighted by Gasteiger charge is -2.13. The van der Waals surface area contributed by atoms with Crippen LogP contribution in [0.3, 0.4) is 0 Å². The van der Waals surface area contributed by atoms with Crippen molar-refractivity contribution < 1.29 is 4.79 Å². The summed E-state index contributed by atoms with van der Waals surface area (Å²) in [6.45, 7) is 1.45. The van der Waals surface area contributed by atoms with Crippen LogP contribution < -0.4 is 10.6 Å². The third-order valence-corrected chi connectivity index (χ3v) is 3.61. The van der Waals surface area contributed by atoms with Gasteiger partial charge < -0.3 is 10.6 Å². The van der Waals surface area contributed by atoms with Crippen LogP contribution in [0, 0.1) is 0 Å². The SMILES string of the molecule is O=C(CCNc1ccccc1)NCCC1=CCCCC1. The predicted molar refractivity (Wildman–Crippen MR) is 83.7 cm³/mol. The predicted octanol–water partition coefficient (Wildman–Crippen LogP) is 3.50. The lowest BCUT2D eigenvalue weighted by Crippen LogP contribution is -2.26. The molecule has 2 N–H and O–H groups in total.